The van der Waals surface area contributed by atoms with E-state index >= 15 is 0 Å². The third-order valence-corrected chi connectivity index (χ3v) is 7.13. The van der Waals surface area contributed by atoms with Crippen LogP contribution in [0.1, 0.15) is 61.6 Å². The summed E-state index contributed by atoms with van der Waals surface area (Å²) in [5.41, 5.74) is 1.74. The quantitative estimate of drug-likeness (QED) is 0.369. The largest absolute Gasteiger partial charge is 0.507 e. The van der Waals surface area contributed by atoms with Gasteiger partial charge in [0.1, 0.15) is 17.6 Å². The normalized spacial score (nSPS) is 21.4. The highest BCUT2D eigenvalue weighted by Crippen LogP contribution is 2.45. The number of hydrogen-bond acceptors (Lipinski definition) is 5. The molecule has 2 aliphatic rings. The highest BCUT2D eigenvalue weighted by atomic mass is 32.1. The molecule has 1 aliphatic heterocycles. The first-order valence-electron chi connectivity index (χ1n) is 11.0. The van der Waals surface area contributed by atoms with Gasteiger partial charge in [-0.25, -0.2) is 0 Å². The Hall–Kier alpha value is -2.60. The second kappa shape index (κ2) is 8.87. The molecule has 6 heteroatoms. The van der Waals surface area contributed by atoms with Crippen LogP contribution in [0.3, 0.4) is 0 Å². The van der Waals surface area contributed by atoms with E-state index in [-0.39, 0.29) is 17.4 Å². The summed E-state index contributed by atoms with van der Waals surface area (Å²) in [5.74, 6) is -0.0893. The summed E-state index contributed by atoms with van der Waals surface area (Å²) in [4.78, 5) is 28.9. The van der Waals surface area contributed by atoms with Crippen LogP contribution >= 0.6 is 11.3 Å². The Labute approximate surface area is 187 Å². The van der Waals surface area contributed by atoms with E-state index in [0.29, 0.717) is 23.8 Å². The summed E-state index contributed by atoms with van der Waals surface area (Å²) in [6.45, 7) is 6.75. The van der Waals surface area contributed by atoms with Gasteiger partial charge in [0, 0.05) is 16.5 Å². The van der Waals surface area contributed by atoms with Crippen LogP contribution in [0.2, 0.25) is 0 Å². The number of ether oxygens (including phenoxy) is 1. The molecule has 1 saturated heterocycles. The number of ketones is 1. The molecule has 1 unspecified atom stereocenters. The monoisotopic (exact) mass is 439 g/mol. The van der Waals surface area contributed by atoms with Crippen molar-refractivity contribution in [1.29, 1.82) is 0 Å². The summed E-state index contributed by atoms with van der Waals surface area (Å²) >= 11 is 1.53. The lowest BCUT2D eigenvalue weighted by molar-refractivity contribution is -0.141. The van der Waals surface area contributed by atoms with Crippen LogP contribution in [0.5, 0.6) is 5.75 Å². The second-order valence-corrected chi connectivity index (χ2v) is 9.79. The van der Waals surface area contributed by atoms with Gasteiger partial charge in [-0.05, 0) is 67.0 Å². The summed E-state index contributed by atoms with van der Waals surface area (Å²) in [5, 5.41) is 13.2. The van der Waals surface area contributed by atoms with Crippen LogP contribution < -0.4 is 4.74 Å². The van der Waals surface area contributed by atoms with Gasteiger partial charge in [0.15, 0.2) is 0 Å². The number of aryl methyl sites for hydroxylation is 1. The van der Waals surface area contributed by atoms with Crippen LogP contribution in [-0.4, -0.2) is 34.3 Å². The minimum atomic E-state index is -0.595. The predicted molar refractivity (Wildman–Crippen MR) is 122 cm³/mol. The summed E-state index contributed by atoms with van der Waals surface area (Å²) in [6, 6.07) is 8.57. The van der Waals surface area contributed by atoms with E-state index in [1.54, 1.807) is 29.2 Å². The lowest BCUT2D eigenvalue weighted by Gasteiger charge is -2.30. The first kappa shape index (κ1) is 21.6. The molecule has 1 N–H and O–H groups in total. The molecular formula is C25H29NO4S. The number of nitrogens with zero attached hydrogens (tertiary/aromatic N) is 1. The van der Waals surface area contributed by atoms with Crippen LogP contribution in [0.4, 0.5) is 0 Å². The molecule has 1 aliphatic carbocycles. The van der Waals surface area contributed by atoms with E-state index < -0.39 is 17.7 Å². The van der Waals surface area contributed by atoms with Crippen molar-refractivity contribution in [2.24, 2.45) is 5.92 Å². The molecule has 31 heavy (non-hydrogen) atoms. The number of rotatable bonds is 6. The molecule has 4 rings (SSSR count). The summed E-state index contributed by atoms with van der Waals surface area (Å²) < 4.78 is 5.72. The summed E-state index contributed by atoms with van der Waals surface area (Å²) in [7, 11) is 0. The highest BCUT2D eigenvalue weighted by Gasteiger charge is 2.50. The molecule has 5 nitrogen and oxygen atoms in total. The molecule has 0 spiro atoms. The molecule has 164 valence electrons. The predicted octanol–water partition coefficient (Wildman–Crippen LogP) is 5.46. The second-order valence-electron chi connectivity index (χ2n) is 8.84. The van der Waals surface area contributed by atoms with Crippen molar-refractivity contribution in [3.8, 4) is 5.75 Å². The van der Waals surface area contributed by atoms with Crippen molar-refractivity contribution >= 4 is 28.8 Å². The maximum absolute atomic E-state index is 13.1. The number of hydrogen-bond donors (Lipinski definition) is 1. The zero-order valence-corrected chi connectivity index (χ0v) is 19.1. The number of aliphatic hydroxyl groups is 1. The lowest BCUT2D eigenvalue weighted by atomic mass is 9.97. The fraction of sp³-hybridized carbons (Fsp3) is 0.440. The number of likely N-dealkylation sites (tertiary alicyclic amines) is 1. The van der Waals surface area contributed by atoms with Gasteiger partial charge in [-0.3, -0.25) is 9.59 Å². The topological polar surface area (TPSA) is 66.8 Å². The van der Waals surface area contributed by atoms with Gasteiger partial charge in [0.05, 0.1) is 12.2 Å². The fourth-order valence-electron chi connectivity index (χ4n) is 4.46. The van der Waals surface area contributed by atoms with Crippen molar-refractivity contribution in [2.75, 3.05) is 6.61 Å². The average molecular weight is 440 g/mol. The van der Waals surface area contributed by atoms with Gasteiger partial charge < -0.3 is 14.7 Å². The van der Waals surface area contributed by atoms with Crippen molar-refractivity contribution in [3.63, 3.8) is 0 Å². The van der Waals surface area contributed by atoms with Gasteiger partial charge >= 0.3 is 0 Å². The number of carbonyl (C=O) groups is 2. The SMILES string of the molecule is Cc1ccsc1C1/C(=C(/O)c2ccc(OCC(C)C)cc2)C(=O)C(=O)N1C1CCCC1. The van der Waals surface area contributed by atoms with E-state index in [4.69, 9.17) is 4.74 Å². The zero-order chi connectivity index (χ0) is 22.1. The molecule has 1 amide bonds. The third-order valence-electron chi connectivity index (χ3n) is 6.06. The van der Waals surface area contributed by atoms with E-state index in [1.165, 1.54) is 11.3 Å². The minimum absolute atomic E-state index is 0.0417. The highest BCUT2D eigenvalue weighted by molar-refractivity contribution is 7.10. The Balaban J connectivity index is 1.75. The van der Waals surface area contributed by atoms with E-state index in [2.05, 4.69) is 13.8 Å². The maximum Gasteiger partial charge on any atom is 0.295 e. The molecular weight excluding hydrogens is 410 g/mol. The molecule has 2 fully saturated rings. The van der Waals surface area contributed by atoms with Crippen LogP contribution in [0.15, 0.2) is 41.3 Å². The molecule has 1 atom stereocenters. The number of thiophene rings is 1. The van der Waals surface area contributed by atoms with E-state index in [1.807, 2.05) is 18.4 Å². The molecule has 1 saturated carbocycles. The Morgan fingerprint density at radius 3 is 2.42 bits per heavy atom. The lowest BCUT2D eigenvalue weighted by Crippen LogP contribution is -2.37. The van der Waals surface area contributed by atoms with Gasteiger partial charge in [0.25, 0.3) is 11.7 Å². The van der Waals surface area contributed by atoms with Gasteiger partial charge in [0.2, 0.25) is 0 Å². The molecule has 1 aromatic heterocycles. The molecule has 1 aromatic carbocycles. The van der Waals surface area contributed by atoms with E-state index in [9.17, 15) is 14.7 Å². The van der Waals surface area contributed by atoms with E-state index in [0.717, 1.165) is 36.1 Å². The average Bonchev–Trinajstić information content (AvgIpc) is 3.47. The number of benzene rings is 1. The fourth-order valence-corrected chi connectivity index (χ4v) is 5.49. The standard InChI is InChI=1S/C25H29NO4S/c1-15(2)14-30-19-10-8-17(9-11-19)22(27)20-21(24-16(3)12-13-31-24)26(25(29)23(20)28)18-6-4-5-7-18/h8-13,15,18,21,27H,4-7,14H2,1-3H3/b22-20-. The molecule has 0 bridgehead atoms. The molecule has 2 heterocycles. The Morgan fingerprint density at radius 1 is 1.16 bits per heavy atom. The summed E-state index contributed by atoms with van der Waals surface area (Å²) in [6.07, 6.45) is 3.91. The smallest absolute Gasteiger partial charge is 0.295 e. The van der Waals surface area contributed by atoms with Crippen molar-refractivity contribution in [3.05, 3.63) is 57.3 Å². The van der Waals surface area contributed by atoms with Crippen LogP contribution in [0.25, 0.3) is 5.76 Å². The minimum Gasteiger partial charge on any atom is -0.507 e. The number of carbonyl (C=O) groups excluding carboxylic acids is 2. The van der Waals surface area contributed by atoms with Crippen molar-refractivity contribution < 1.29 is 19.4 Å². The third kappa shape index (κ3) is 4.13. The first-order valence-corrected chi connectivity index (χ1v) is 11.8. The Kier molecular flexibility index (Phi) is 6.19. The zero-order valence-electron chi connectivity index (χ0n) is 18.3. The molecule has 2 aromatic rings. The maximum atomic E-state index is 13.1. The van der Waals surface area contributed by atoms with Gasteiger partial charge in [-0.15, -0.1) is 11.3 Å². The first-order chi connectivity index (χ1) is 14.9. The van der Waals surface area contributed by atoms with Gasteiger partial charge in [-0.2, -0.15) is 0 Å². The van der Waals surface area contributed by atoms with Crippen molar-refractivity contribution in [2.45, 2.75) is 58.5 Å². The van der Waals surface area contributed by atoms with Crippen LogP contribution in [0, 0.1) is 12.8 Å². The number of amides is 1. The number of Topliss-reactive ketones (excluding diaryl/α,β-unsaturated/α-hetero) is 1. The Bertz CT molecular complexity index is 999. The van der Waals surface area contributed by atoms with Gasteiger partial charge in [-0.1, -0.05) is 26.7 Å². The molecule has 0 radical (unpaired) electrons. The van der Waals surface area contributed by atoms with Crippen molar-refractivity contribution in [1.82, 2.24) is 4.90 Å². The number of aliphatic hydroxyl groups excluding tert-OH is 1. The van der Waals surface area contributed by atoms with Crippen LogP contribution in [-0.2, 0) is 9.59 Å². The Morgan fingerprint density at radius 2 is 1.84 bits per heavy atom.